The van der Waals surface area contributed by atoms with Crippen LogP contribution in [-0.4, -0.2) is 32.3 Å². The maximum Gasteiger partial charge on any atom is 0.289 e. The van der Waals surface area contributed by atoms with Gasteiger partial charge in [-0.2, -0.15) is 0 Å². The zero-order valence-corrected chi connectivity index (χ0v) is 17.6. The summed E-state index contributed by atoms with van der Waals surface area (Å²) in [6.45, 7) is 6.84. The fourth-order valence-electron chi connectivity index (χ4n) is 3.85. The van der Waals surface area contributed by atoms with Gasteiger partial charge in [-0.15, -0.1) is 0 Å². The number of likely N-dealkylation sites (tertiary alicyclic amines) is 1. The van der Waals surface area contributed by atoms with E-state index in [1.165, 1.54) is 0 Å². The average Bonchev–Trinajstić information content (AvgIpc) is 3.32. The number of carbonyl (C=O) groups excluding carboxylic acids is 1. The van der Waals surface area contributed by atoms with Gasteiger partial charge in [0.25, 0.3) is 15.9 Å². The number of rotatable bonds is 4. The lowest BCUT2D eigenvalue weighted by Crippen LogP contribution is -2.27. The summed E-state index contributed by atoms with van der Waals surface area (Å²) in [4.78, 5) is 14.8. The molecule has 1 aliphatic rings. The van der Waals surface area contributed by atoms with Crippen molar-refractivity contribution >= 4 is 32.6 Å². The molecule has 0 bridgehead atoms. The Bertz CT molecular complexity index is 1190. The quantitative estimate of drug-likeness (QED) is 0.689. The van der Waals surface area contributed by atoms with Crippen LogP contribution in [0.2, 0.25) is 0 Å². The van der Waals surface area contributed by atoms with Gasteiger partial charge in [0.05, 0.1) is 0 Å². The summed E-state index contributed by atoms with van der Waals surface area (Å²) in [7, 11) is -3.91. The lowest BCUT2D eigenvalue weighted by molar-refractivity contribution is 0.0762. The average molecular weight is 413 g/mol. The molecular weight excluding hydrogens is 388 g/mol. The normalized spacial score (nSPS) is 14.5. The van der Waals surface area contributed by atoms with Crippen LogP contribution >= 0.6 is 0 Å². The Morgan fingerprint density at radius 2 is 1.69 bits per heavy atom. The zero-order chi connectivity index (χ0) is 20.8. The lowest BCUT2D eigenvalue weighted by atomic mass is 10.0. The monoisotopic (exact) mass is 412 g/mol. The molecule has 6 nitrogen and oxygen atoms in total. The van der Waals surface area contributed by atoms with Gasteiger partial charge in [0.2, 0.25) is 0 Å². The van der Waals surface area contributed by atoms with Crippen molar-refractivity contribution in [3.05, 3.63) is 58.8 Å². The maximum absolute atomic E-state index is 13.3. The molecule has 1 fully saturated rings. The second kappa shape index (κ2) is 7.22. The van der Waals surface area contributed by atoms with Crippen molar-refractivity contribution in [2.45, 2.75) is 38.5 Å². The predicted molar refractivity (Wildman–Crippen MR) is 113 cm³/mol. The second-order valence-electron chi connectivity index (χ2n) is 7.55. The highest BCUT2D eigenvalue weighted by Gasteiger charge is 2.30. The first-order valence-electron chi connectivity index (χ1n) is 9.70. The molecule has 0 unspecified atom stereocenters. The number of hydrogen-bond donors (Lipinski definition) is 1. The fourth-order valence-corrected chi connectivity index (χ4v) is 5.35. The molecule has 0 radical (unpaired) electrons. The van der Waals surface area contributed by atoms with Gasteiger partial charge >= 0.3 is 0 Å². The molecule has 3 aromatic rings. The molecule has 2 heterocycles. The highest BCUT2D eigenvalue weighted by molar-refractivity contribution is 7.93. The van der Waals surface area contributed by atoms with Crippen molar-refractivity contribution in [2.75, 3.05) is 17.8 Å². The van der Waals surface area contributed by atoms with Gasteiger partial charge in [-0.25, -0.2) is 8.42 Å². The van der Waals surface area contributed by atoms with Gasteiger partial charge in [0, 0.05) is 29.7 Å². The molecular formula is C22H24N2O4S. The largest absolute Gasteiger partial charge is 0.449 e. The van der Waals surface area contributed by atoms with Crippen LogP contribution in [0.5, 0.6) is 0 Å². The minimum Gasteiger partial charge on any atom is -0.449 e. The molecule has 1 saturated heterocycles. The van der Waals surface area contributed by atoms with E-state index in [4.69, 9.17) is 4.42 Å². The Hall–Kier alpha value is -2.80. The van der Waals surface area contributed by atoms with E-state index in [0.29, 0.717) is 35.3 Å². The van der Waals surface area contributed by atoms with Crippen LogP contribution < -0.4 is 4.72 Å². The number of amides is 1. The van der Waals surface area contributed by atoms with E-state index in [1.54, 1.807) is 36.1 Å². The first kappa shape index (κ1) is 19.5. The second-order valence-corrected chi connectivity index (χ2v) is 9.17. The molecule has 0 aliphatic carbocycles. The van der Waals surface area contributed by atoms with Gasteiger partial charge in [-0.05, 0) is 62.9 Å². The molecule has 1 aromatic heterocycles. The third-order valence-corrected chi connectivity index (χ3v) is 7.11. The number of para-hydroxylation sites is 1. The summed E-state index contributed by atoms with van der Waals surface area (Å²) in [5.41, 5.74) is 2.82. The van der Waals surface area contributed by atoms with E-state index < -0.39 is 10.0 Å². The van der Waals surface area contributed by atoms with Crippen molar-refractivity contribution < 1.29 is 17.6 Å². The van der Waals surface area contributed by atoms with Crippen molar-refractivity contribution in [1.82, 2.24) is 4.90 Å². The van der Waals surface area contributed by atoms with E-state index in [1.807, 2.05) is 26.0 Å². The summed E-state index contributed by atoms with van der Waals surface area (Å²) < 4.78 is 35.1. The number of furan rings is 1. The van der Waals surface area contributed by atoms with Crippen LogP contribution in [0, 0.1) is 20.8 Å². The van der Waals surface area contributed by atoms with Crippen molar-refractivity contribution in [3.8, 4) is 0 Å². The van der Waals surface area contributed by atoms with E-state index >= 15 is 0 Å². The number of aryl methyl sites for hydroxylation is 2. The number of hydrogen-bond acceptors (Lipinski definition) is 4. The molecule has 29 heavy (non-hydrogen) atoms. The maximum atomic E-state index is 13.3. The van der Waals surface area contributed by atoms with Crippen LogP contribution in [-0.2, 0) is 10.0 Å². The van der Waals surface area contributed by atoms with Gasteiger partial charge in [-0.1, -0.05) is 18.2 Å². The highest BCUT2D eigenvalue weighted by Crippen LogP contribution is 2.36. The molecule has 0 spiro atoms. The van der Waals surface area contributed by atoms with Crippen LogP contribution in [0.4, 0.5) is 5.69 Å². The number of anilines is 1. The van der Waals surface area contributed by atoms with Gasteiger partial charge in [-0.3, -0.25) is 9.52 Å². The first-order valence-corrected chi connectivity index (χ1v) is 11.2. The van der Waals surface area contributed by atoms with Crippen LogP contribution in [0.15, 0.2) is 45.7 Å². The molecule has 1 amide bonds. The number of benzene rings is 2. The SMILES string of the molecule is Cc1cc2c(C)c(C(=O)N3CCCC3)oc2c(S(=O)(=O)Nc2ccccc2)c1C. The summed E-state index contributed by atoms with van der Waals surface area (Å²) in [5, 5.41) is 0.657. The van der Waals surface area contributed by atoms with E-state index in [0.717, 1.165) is 18.4 Å². The highest BCUT2D eigenvalue weighted by atomic mass is 32.2. The minimum absolute atomic E-state index is 0.0833. The summed E-state index contributed by atoms with van der Waals surface area (Å²) in [6.07, 6.45) is 1.95. The van der Waals surface area contributed by atoms with Gasteiger partial charge < -0.3 is 9.32 Å². The third-order valence-electron chi connectivity index (χ3n) is 5.57. The molecule has 1 aliphatic heterocycles. The molecule has 7 heteroatoms. The molecule has 1 N–H and O–H groups in total. The lowest BCUT2D eigenvalue weighted by Gasteiger charge is -2.13. The number of nitrogens with one attached hydrogen (secondary N) is 1. The Morgan fingerprint density at radius 3 is 2.34 bits per heavy atom. The number of fused-ring (bicyclic) bond motifs is 1. The topological polar surface area (TPSA) is 79.6 Å². The van der Waals surface area contributed by atoms with E-state index in [9.17, 15) is 13.2 Å². The van der Waals surface area contributed by atoms with Gasteiger partial charge in [0.1, 0.15) is 4.90 Å². The number of nitrogens with zero attached hydrogens (tertiary/aromatic N) is 1. The predicted octanol–water partition coefficient (Wildman–Crippen LogP) is 4.39. The van der Waals surface area contributed by atoms with Crippen molar-refractivity contribution in [2.24, 2.45) is 0 Å². The molecule has 2 aromatic carbocycles. The van der Waals surface area contributed by atoms with Gasteiger partial charge in [0.15, 0.2) is 11.3 Å². The summed E-state index contributed by atoms with van der Waals surface area (Å²) in [6, 6.07) is 10.6. The molecule has 0 atom stereocenters. The van der Waals surface area contributed by atoms with E-state index in [-0.39, 0.29) is 22.1 Å². The minimum atomic E-state index is -3.91. The number of sulfonamides is 1. The smallest absolute Gasteiger partial charge is 0.289 e. The molecule has 0 saturated carbocycles. The summed E-state index contributed by atoms with van der Waals surface area (Å²) >= 11 is 0. The zero-order valence-electron chi connectivity index (χ0n) is 16.8. The van der Waals surface area contributed by atoms with Crippen LogP contribution in [0.25, 0.3) is 11.0 Å². The Morgan fingerprint density at radius 1 is 1.03 bits per heavy atom. The van der Waals surface area contributed by atoms with Crippen LogP contribution in [0.1, 0.15) is 40.1 Å². The first-order chi connectivity index (χ1) is 13.8. The molecule has 152 valence electrons. The number of carbonyl (C=O) groups is 1. The Labute approximate surface area is 170 Å². The van der Waals surface area contributed by atoms with Crippen molar-refractivity contribution in [1.29, 1.82) is 0 Å². The third kappa shape index (κ3) is 3.40. The van der Waals surface area contributed by atoms with Crippen molar-refractivity contribution in [3.63, 3.8) is 0 Å². The summed E-state index contributed by atoms with van der Waals surface area (Å²) in [5.74, 6) is 0.0499. The van der Waals surface area contributed by atoms with E-state index in [2.05, 4.69) is 4.72 Å². The Kier molecular flexibility index (Phi) is 4.86. The standard InChI is InChI=1S/C22H24N2O4S/c1-14-13-18-16(3)19(22(25)24-11-7-8-12-24)28-20(18)21(15(14)2)29(26,27)23-17-9-5-4-6-10-17/h4-6,9-10,13,23H,7-8,11-12H2,1-3H3. The molecule has 4 rings (SSSR count). The fraction of sp³-hybridized carbons (Fsp3) is 0.318. The Balaban J connectivity index is 1.88. The van der Waals surface area contributed by atoms with Crippen LogP contribution in [0.3, 0.4) is 0 Å².